The number of carbonyl (C=O) groups is 1. The fourth-order valence-electron chi connectivity index (χ4n) is 2.19. The van der Waals surface area contributed by atoms with E-state index in [1.807, 2.05) is 36.1 Å². The first-order valence-corrected chi connectivity index (χ1v) is 7.21. The Balaban J connectivity index is 1.85. The van der Waals surface area contributed by atoms with E-state index in [0.29, 0.717) is 26.2 Å². The van der Waals surface area contributed by atoms with Gasteiger partial charge in [-0.2, -0.15) is 0 Å². The van der Waals surface area contributed by atoms with Crippen LogP contribution in [-0.2, 0) is 4.79 Å². The molecule has 1 aromatic rings. The van der Waals surface area contributed by atoms with Gasteiger partial charge in [-0.3, -0.25) is 9.69 Å². The number of benzene rings is 1. The minimum Gasteiger partial charge on any atom is -0.486 e. The van der Waals surface area contributed by atoms with Crippen LogP contribution >= 0.6 is 0 Å². The number of rotatable bonds is 7. The van der Waals surface area contributed by atoms with Gasteiger partial charge in [-0.15, -0.1) is 6.58 Å². The Kier molecular flexibility index (Phi) is 5.63. The molecule has 0 spiro atoms. The lowest BCUT2D eigenvalue weighted by Gasteiger charge is -2.30. The van der Waals surface area contributed by atoms with Crippen molar-refractivity contribution < 1.29 is 14.3 Å². The molecule has 5 heteroatoms. The molecule has 21 heavy (non-hydrogen) atoms. The highest BCUT2D eigenvalue weighted by atomic mass is 16.6. The quantitative estimate of drug-likeness (QED) is 0.772. The molecule has 0 aromatic heterocycles. The predicted octanol–water partition coefficient (Wildman–Crippen LogP) is 1.45. The molecule has 1 heterocycles. The van der Waals surface area contributed by atoms with Crippen LogP contribution in [0.2, 0.25) is 0 Å². The van der Waals surface area contributed by atoms with Crippen molar-refractivity contribution in [3.63, 3.8) is 0 Å². The van der Waals surface area contributed by atoms with Crippen molar-refractivity contribution >= 4 is 5.91 Å². The highest BCUT2D eigenvalue weighted by molar-refractivity contribution is 5.78. The number of para-hydroxylation sites is 2. The Labute approximate surface area is 125 Å². The lowest BCUT2D eigenvalue weighted by molar-refractivity contribution is -0.122. The van der Waals surface area contributed by atoms with Gasteiger partial charge in [0.25, 0.3) is 0 Å². The largest absolute Gasteiger partial charge is 0.486 e. The van der Waals surface area contributed by atoms with Crippen molar-refractivity contribution in [2.75, 3.05) is 32.8 Å². The number of likely N-dealkylation sites (N-methyl/N-ethyl adjacent to an activating group) is 1. The second-order valence-corrected chi connectivity index (χ2v) is 4.92. The molecule has 0 radical (unpaired) electrons. The first-order valence-electron chi connectivity index (χ1n) is 7.21. The van der Waals surface area contributed by atoms with Crippen LogP contribution in [0.25, 0.3) is 0 Å². The summed E-state index contributed by atoms with van der Waals surface area (Å²) >= 11 is 0. The van der Waals surface area contributed by atoms with Gasteiger partial charge in [-0.1, -0.05) is 25.1 Å². The number of fused-ring (bicyclic) bond motifs is 1. The van der Waals surface area contributed by atoms with E-state index in [0.717, 1.165) is 18.0 Å². The van der Waals surface area contributed by atoms with Crippen LogP contribution in [0.5, 0.6) is 11.5 Å². The second-order valence-electron chi connectivity index (χ2n) is 4.92. The highest BCUT2D eigenvalue weighted by Crippen LogP contribution is 2.30. The molecule has 0 saturated heterocycles. The monoisotopic (exact) mass is 290 g/mol. The summed E-state index contributed by atoms with van der Waals surface area (Å²) in [6, 6.07) is 7.64. The topological polar surface area (TPSA) is 50.8 Å². The molecule has 1 N–H and O–H groups in total. The molecule has 1 aliphatic rings. The number of hydrogen-bond acceptors (Lipinski definition) is 4. The number of amides is 1. The lowest BCUT2D eigenvalue weighted by Crippen LogP contribution is -2.45. The molecule has 1 atom stereocenters. The average Bonchev–Trinajstić information content (AvgIpc) is 2.52. The first kappa shape index (κ1) is 15.4. The van der Waals surface area contributed by atoms with Gasteiger partial charge in [-0.05, 0) is 18.7 Å². The van der Waals surface area contributed by atoms with E-state index in [1.165, 1.54) is 0 Å². The summed E-state index contributed by atoms with van der Waals surface area (Å²) in [6.45, 7) is 8.40. The number of hydrogen-bond donors (Lipinski definition) is 1. The van der Waals surface area contributed by atoms with Gasteiger partial charge in [0.05, 0.1) is 6.54 Å². The van der Waals surface area contributed by atoms with Crippen LogP contribution in [0.1, 0.15) is 6.92 Å². The molecule has 1 aromatic carbocycles. The maximum absolute atomic E-state index is 11.7. The fourth-order valence-corrected chi connectivity index (χ4v) is 2.19. The van der Waals surface area contributed by atoms with Gasteiger partial charge in [0.15, 0.2) is 11.5 Å². The van der Waals surface area contributed by atoms with E-state index in [2.05, 4.69) is 11.9 Å². The average molecular weight is 290 g/mol. The fraction of sp³-hybridized carbons (Fsp3) is 0.438. The third kappa shape index (κ3) is 4.49. The maximum atomic E-state index is 11.7. The maximum Gasteiger partial charge on any atom is 0.234 e. The van der Waals surface area contributed by atoms with E-state index >= 15 is 0 Å². The molecule has 5 nitrogen and oxygen atoms in total. The van der Waals surface area contributed by atoms with Gasteiger partial charge in [-0.25, -0.2) is 0 Å². The van der Waals surface area contributed by atoms with Crippen LogP contribution in [0.15, 0.2) is 36.9 Å². The minimum absolute atomic E-state index is 0.00567. The van der Waals surface area contributed by atoms with Crippen molar-refractivity contribution in [2.24, 2.45) is 0 Å². The summed E-state index contributed by atoms with van der Waals surface area (Å²) in [5.74, 6) is 1.54. The Morgan fingerprint density at radius 2 is 2.24 bits per heavy atom. The second kappa shape index (κ2) is 7.69. The van der Waals surface area contributed by atoms with Crippen molar-refractivity contribution in [3.8, 4) is 11.5 Å². The third-order valence-electron chi connectivity index (χ3n) is 3.29. The summed E-state index contributed by atoms with van der Waals surface area (Å²) in [5.41, 5.74) is 0. The van der Waals surface area contributed by atoms with Crippen molar-refractivity contribution in [2.45, 2.75) is 13.0 Å². The van der Waals surface area contributed by atoms with Crippen LogP contribution in [-0.4, -0.2) is 49.7 Å². The van der Waals surface area contributed by atoms with Crippen molar-refractivity contribution in [3.05, 3.63) is 36.9 Å². The summed E-state index contributed by atoms with van der Waals surface area (Å²) in [4.78, 5) is 13.8. The van der Waals surface area contributed by atoms with E-state index in [4.69, 9.17) is 9.47 Å². The summed E-state index contributed by atoms with van der Waals surface area (Å²) in [7, 11) is 0. The zero-order chi connectivity index (χ0) is 15.1. The highest BCUT2D eigenvalue weighted by Gasteiger charge is 2.23. The van der Waals surface area contributed by atoms with Crippen LogP contribution < -0.4 is 14.8 Å². The smallest absolute Gasteiger partial charge is 0.234 e. The minimum atomic E-state index is -0.0629. The Hall–Kier alpha value is -2.01. The molecule has 1 amide bonds. The Morgan fingerprint density at radius 3 is 2.95 bits per heavy atom. The number of ether oxygens (including phenoxy) is 2. The predicted molar refractivity (Wildman–Crippen MR) is 81.7 cm³/mol. The van der Waals surface area contributed by atoms with Crippen LogP contribution in [0.4, 0.5) is 0 Å². The SMILES string of the molecule is C=CCNC(=O)CN(CC)CC1COc2ccccc2O1. The molecule has 1 aliphatic heterocycles. The molecule has 0 saturated carbocycles. The number of nitrogens with zero attached hydrogens (tertiary/aromatic N) is 1. The van der Waals surface area contributed by atoms with E-state index in [1.54, 1.807) is 6.08 Å². The molecule has 0 fully saturated rings. The van der Waals surface area contributed by atoms with Gasteiger partial charge < -0.3 is 14.8 Å². The molecule has 114 valence electrons. The zero-order valence-corrected chi connectivity index (χ0v) is 12.4. The van der Waals surface area contributed by atoms with Gasteiger partial charge in [0, 0.05) is 13.1 Å². The van der Waals surface area contributed by atoms with Crippen LogP contribution in [0.3, 0.4) is 0 Å². The standard InChI is InChI=1S/C16H22N2O3/c1-3-9-17-16(19)11-18(4-2)10-13-12-20-14-7-5-6-8-15(14)21-13/h3,5-8,13H,1,4,9-12H2,2H3,(H,17,19). The number of carbonyl (C=O) groups excluding carboxylic acids is 1. The molecular weight excluding hydrogens is 268 g/mol. The normalized spacial score (nSPS) is 16.6. The summed E-state index contributed by atoms with van der Waals surface area (Å²) in [6.07, 6.45) is 1.61. The van der Waals surface area contributed by atoms with E-state index in [9.17, 15) is 4.79 Å². The van der Waals surface area contributed by atoms with E-state index in [-0.39, 0.29) is 12.0 Å². The number of nitrogens with one attached hydrogen (secondary N) is 1. The van der Waals surface area contributed by atoms with Gasteiger partial charge >= 0.3 is 0 Å². The molecule has 0 bridgehead atoms. The Bertz CT molecular complexity index is 490. The molecular formula is C16H22N2O3. The molecule has 0 aliphatic carbocycles. The van der Waals surface area contributed by atoms with Gasteiger partial charge in [0.2, 0.25) is 5.91 Å². The van der Waals surface area contributed by atoms with Crippen LogP contribution in [0, 0.1) is 0 Å². The first-order chi connectivity index (χ1) is 10.2. The van der Waals surface area contributed by atoms with E-state index < -0.39 is 0 Å². The Morgan fingerprint density at radius 1 is 1.48 bits per heavy atom. The van der Waals surface area contributed by atoms with Crippen molar-refractivity contribution in [1.82, 2.24) is 10.2 Å². The summed E-state index contributed by atoms with van der Waals surface area (Å²) in [5, 5.41) is 2.78. The molecule has 1 unspecified atom stereocenters. The van der Waals surface area contributed by atoms with Gasteiger partial charge in [0.1, 0.15) is 12.7 Å². The zero-order valence-electron chi connectivity index (χ0n) is 12.4. The third-order valence-corrected chi connectivity index (χ3v) is 3.29. The lowest BCUT2D eigenvalue weighted by atomic mass is 10.2. The van der Waals surface area contributed by atoms with Crippen molar-refractivity contribution in [1.29, 1.82) is 0 Å². The molecule has 2 rings (SSSR count). The summed E-state index contributed by atoms with van der Waals surface area (Å²) < 4.78 is 11.6.